The number of amides is 1. The van der Waals surface area contributed by atoms with Crippen LogP contribution in [-0.2, 0) is 4.79 Å². The van der Waals surface area contributed by atoms with E-state index in [0.29, 0.717) is 12.5 Å². The van der Waals surface area contributed by atoms with Crippen LogP contribution in [0.4, 0.5) is 0 Å². The standard InChI is InChI=1S/C7H14N2O/c1-5-4-9(8)6(10)7(5,2)3/h5H,4,8H2,1-3H3/t5-/m0/s1. The molecule has 0 spiro atoms. The largest absolute Gasteiger partial charge is 0.280 e. The monoisotopic (exact) mass is 142 g/mol. The second kappa shape index (κ2) is 1.95. The molecule has 10 heavy (non-hydrogen) atoms. The van der Waals surface area contributed by atoms with Gasteiger partial charge in [-0.25, -0.2) is 5.84 Å². The second-order valence-corrected chi connectivity index (χ2v) is 3.58. The van der Waals surface area contributed by atoms with E-state index in [4.69, 9.17) is 5.84 Å². The number of rotatable bonds is 0. The first-order chi connectivity index (χ1) is 4.46. The Kier molecular flexibility index (Phi) is 1.47. The third-order valence-electron chi connectivity index (χ3n) is 2.51. The molecule has 0 aromatic rings. The summed E-state index contributed by atoms with van der Waals surface area (Å²) in [4.78, 5) is 11.2. The van der Waals surface area contributed by atoms with Crippen molar-refractivity contribution in [3.63, 3.8) is 0 Å². The minimum atomic E-state index is -0.255. The fourth-order valence-corrected chi connectivity index (χ4v) is 1.19. The molecule has 3 heteroatoms. The van der Waals surface area contributed by atoms with E-state index in [1.807, 2.05) is 20.8 Å². The van der Waals surface area contributed by atoms with Gasteiger partial charge in [0.2, 0.25) is 5.91 Å². The maximum Gasteiger partial charge on any atom is 0.242 e. The Morgan fingerprint density at radius 1 is 1.70 bits per heavy atom. The zero-order chi connectivity index (χ0) is 7.94. The van der Waals surface area contributed by atoms with Crippen molar-refractivity contribution >= 4 is 5.91 Å². The molecular weight excluding hydrogens is 128 g/mol. The third-order valence-corrected chi connectivity index (χ3v) is 2.51. The molecule has 0 aromatic carbocycles. The molecule has 1 aliphatic rings. The minimum Gasteiger partial charge on any atom is -0.280 e. The molecule has 0 aromatic heterocycles. The number of carbonyl (C=O) groups is 1. The summed E-state index contributed by atoms with van der Waals surface area (Å²) in [6.45, 7) is 6.61. The average Bonchev–Trinajstić information content (AvgIpc) is 1.97. The van der Waals surface area contributed by atoms with Crippen molar-refractivity contribution in [3.8, 4) is 0 Å². The summed E-state index contributed by atoms with van der Waals surface area (Å²) in [6, 6.07) is 0. The van der Waals surface area contributed by atoms with Crippen molar-refractivity contribution in [3.05, 3.63) is 0 Å². The lowest BCUT2D eigenvalue weighted by Crippen LogP contribution is -2.36. The van der Waals surface area contributed by atoms with Crippen molar-refractivity contribution < 1.29 is 4.79 Å². The molecule has 58 valence electrons. The van der Waals surface area contributed by atoms with E-state index in [2.05, 4.69) is 0 Å². The van der Waals surface area contributed by atoms with Crippen LogP contribution in [0, 0.1) is 11.3 Å². The molecule has 1 atom stereocenters. The van der Waals surface area contributed by atoms with Gasteiger partial charge < -0.3 is 0 Å². The van der Waals surface area contributed by atoms with Crippen molar-refractivity contribution in [2.45, 2.75) is 20.8 Å². The molecule has 0 saturated carbocycles. The van der Waals surface area contributed by atoms with E-state index in [0.717, 1.165) is 0 Å². The van der Waals surface area contributed by atoms with Gasteiger partial charge in [-0.2, -0.15) is 0 Å². The second-order valence-electron chi connectivity index (χ2n) is 3.58. The number of nitrogens with zero attached hydrogens (tertiary/aromatic N) is 1. The van der Waals surface area contributed by atoms with E-state index in [-0.39, 0.29) is 11.3 Å². The molecule has 0 unspecified atom stereocenters. The van der Waals surface area contributed by atoms with Gasteiger partial charge in [0.15, 0.2) is 0 Å². The van der Waals surface area contributed by atoms with Crippen LogP contribution < -0.4 is 5.84 Å². The van der Waals surface area contributed by atoms with Crippen LogP contribution in [-0.4, -0.2) is 17.5 Å². The summed E-state index contributed by atoms with van der Waals surface area (Å²) >= 11 is 0. The first-order valence-corrected chi connectivity index (χ1v) is 3.53. The zero-order valence-corrected chi connectivity index (χ0v) is 6.72. The normalized spacial score (nSPS) is 31.4. The maximum atomic E-state index is 11.2. The summed E-state index contributed by atoms with van der Waals surface area (Å²) < 4.78 is 0. The smallest absolute Gasteiger partial charge is 0.242 e. The van der Waals surface area contributed by atoms with Gasteiger partial charge in [-0.1, -0.05) is 20.8 Å². The molecule has 0 radical (unpaired) electrons. The summed E-state index contributed by atoms with van der Waals surface area (Å²) in [7, 11) is 0. The highest BCUT2D eigenvalue weighted by molar-refractivity contribution is 5.83. The van der Waals surface area contributed by atoms with Gasteiger partial charge in [0.1, 0.15) is 0 Å². The van der Waals surface area contributed by atoms with Gasteiger partial charge in [0.05, 0.1) is 0 Å². The quantitative estimate of drug-likeness (QED) is 0.392. The maximum absolute atomic E-state index is 11.2. The highest BCUT2D eigenvalue weighted by Gasteiger charge is 2.43. The molecule has 0 bridgehead atoms. The molecular formula is C7H14N2O. The molecule has 1 rings (SSSR count). The van der Waals surface area contributed by atoms with Crippen LogP contribution in [0.1, 0.15) is 20.8 Å². The third kappa shape index (κ3) is 0.814. The van der Waals surface area contributed by atoms with Gasteiger partial charge in [-0.15, -0.1) is 0 Å². The van der Waals surface area contributed by atoms with E-state index in [1.165, 1.54) is 5.01 Å². The highest BCUT2D eigenvalue weighted by atomic mass is 16.2. The van der Waals surface area contributed by atoms with Gasteiger partial charge >= 0.3 is 0 Å². The minimum absolute atomic E-state index is 0.0556. The summed E-state index contributed by atoms with van der Waals surface area (Å²) in [5, 5.41) is 1.31. The molecule has 2 N–H and O–H groups in total. The number of nitrogens with two attached hydrogens (primary N) is 1. The van der Waals surface area contributed by atoms with Crippen LogP contribution in [0.2, 0.25) is 0 Å². The Morgan fingerprint density at radius 3 is 2.30 bits per heavy atom. The van der Waals surface area contributed by atoms with E-state index in [9.17, 15) is 4.79 Å². The molecule has 1 aliphatic heterocycles. The van der Waals surface area contributed by atoms with Crippen molar-refractivity contribution in [1.29, 1.82) is 0 Å². The van der Waals surface area contributed by atoms with Gasteiger partial charge in [0, 0.05) is 12.0 Å². The number of carbonyl (C=O) groups excluding carboxylic acids is 1. The Labute approximate surface area is 61.2 Å². The number of hydrazine groups is 1. The predicted octanol–water partition coefficient (Wildman–Crippen LogP) is 0.365. The lowest BCUT2D eigenvalue weighted by atomic mass is 9.83. The van der Waals surface area contributed by atoms with E-state index >= 15 is 0 Å². The summed E-state index contributed by atoms with van der Waals surface area (Å²) in [5.41, 5.74) is -0.255. The van der Waals surface area contributed by atoms with Crippen molar-refractivity contribution in [2.75, 3.05) is 6.54 Å². The first kappa shape index (κ1) is 7.54. The van der Waals surface area contributed by atoms with Crippen LogP contribution in [0.25, 0.3) is 0 Å². The Morgan fingerprint density at radius 2 is 2.20 bits per heavy atom. The van der Waals surface area contributed by atoms with E-state index < -0.39 is 0 Å². The SMILES string of the molecule is C[C@H]1CN(N)C(=O)C1(C)C. The van der Waals surface area contributed by atoms with Crippen LogP contribution >= 0.6 is 0 Å². The van der Waals surface area contributed by atoms with Crippen LogP contribution in [0.3, 0.4) is 0 Å². The van der Waals surface area contributed by atoms with E-state index in [1.54, 1.807) is 0 Å². The Bertz CT molecular complexity index is 165. The average molecular weight is 142 g/mol. The zero-order valence-electron chi connectivity index (χ0n) is 6.72. The summed E-state index contributed by atoms with van der Waals surface area (Å²) in [6.07, 6.45) is 0. The van der Waals surface area contributed by atoms with Gasteiger partial charge in [-0.05, 0) is 5.92 Å². The molecule has 1 fully saturated rings. The lowest BCUT2D eigenvalue weighted by molar-refractivity contribution is -0.135. The number of hydrogen-bond acceptors (Lipinski definition) is 2. The van der Waals surface area contributed by atoms with Crippen LogP contribution in [0.5, 0.6) is 0 Å². The van der Waals surface area contributed by atoms with Gasteiger partial charge in [-0.3, -0.25) is 9.80 Å². The summed E-state index contributed by atoms with van der Waals surface area (Å²) in [5.74, 6) is 5.85. The topological polar surface area (TPSA) is 46.3 Å². The Balaban J connectivity index is 2.85. The predicted molar refractivity (Wildman–Crippen MR) is 38.8 cm³/mol. The van der Waals surface area contributed by atoms with Crippen LogP contribution in [0.15, 0.2) is 0 Å². The van der Waals surface area contributed by atoms with Crippen molar-refractivity contribution in [2.24, 2.45) is 17.2 Å². The molecule has 1 saturated heterocycles. The molecule has 0 aliphatic carbocycles. The fourth-order valence-electron chi connectivity index (χ4n) is 1.19. The molecule has 1 heterocycles. The highest BCUT2D eigenvalue weighted by Crippen LogP contribution is 2.34. The van der Waals surface area contributed by atoms with Crippen molar-refractivity contribution in [1.82, 2.24) is 5.01 Å². The lowest BCUT2D eigenvalue weighted by Gasteiger charge is -2.18. The fraction of sp³-hybridized carbons (Fsp3) is 0.857. The molecule has 1 amide bonds. The first-order valence-electron chi connectivity index (χ1n) is 3.53. The van der Waals surface area contributed by atoms with Gasteiger partial charge in [0.25, 0.3) is 0 Å². The Hall–Kier alpha value is -0.570. The number of hydrogen-bond donors (Lipinski definition) is 1. The molecule has 3 nitrogen and oxygen atoms in total.